The van der Waals surface area contributed by atoms with Crippen molar-refractivity contribution in [3.63, 3.8) is 0 Å². The molecule has 0 spiro atoms. The zero-order valence-corrected chi connectivity index (χ0v) is 13.3. The molecule has 0 aliphatic rings. The summed E-state index contributed by atoms with van der Waals surface area (Å²) in [6.45, 7) is 0. The van der Waals surface area contributed by atoms with Crippen molar-refractivity contribution >= 4 is 26.6 Å². The van der Waals surface area contributed by atoms with Crippen LogP contribution in [0.4, 0.5) is 5.69 Å². The largest absolute Gasteiger partial charge is 0.493 e. The lowest BCUT2D eigenvalue weighted by Crippen LogP contribution is -2.13. The molecule has 7 nitrogen and oxygen atoms in total. The van der Waals surface area contributed by atoms with Gasteiger partial charge in [0.05, 0.1) is 36.5 Å². The molecular formula is C15H15N3O4S. The molecular weight excluding hydrogens is 318 g/mol. The van der Waals surface area contributed by atoms with Crippen molar-refractivity contribution in [2.75, 3.05) is 18.9 Å². The number of methoxy groups -OCH3 is 2. The highest BCUT2D eigenvalue weighted by molar-refractivity contribution is 7.92. The van der Waals surface area contributed by atoms with Gasteiger partial charge in [0.1, 0.15) is 0 Å². The van der Waals surface area contributed by atoms with Gasteiger partial charge in [0, 0.05) is 11.5 Å². The maximum absolute atomic E-state index is 12.6. The van der Waals surface area contributed by atoms with E-state index in [4.69, 9.17) is 9.47 Å². The first-order valence-electron chi connectivity index (χ1n) is 6.72. The summed E-state index contributed by atoms with van der Waals surface area (Å²) in [5, 5.41) is 7.52. The van der Waals surface area contributed by atoms with Gasteiger partial charge in [-0.25, -0.2) is 8.42 Å². The molecule has 1 aromatic heterocycles. The second-order valence-corrected chi connectivity index (χ2v) is 6.44. The van der Waals surface area contributed by atoms with E-state index in [0.717, 1.165) is 5.39 Å². The van der Waals surface area contributed by atoms with Crippen LogP contribution in [-0.4, -0.2) is 32.8 Å². The number of hydrogen-bond acceptors (Lipinski definition) is 5. The molecule has 0 atom stereocenters. The summed E-state index contributed by atoms with van der Waals surface area (Å²) in [6, 6.07) is 9.67. The summed E-state index contributed by atoms with van der Waals surface area (Å²) >= 11 is 0. The molecule has 1 heterocycles. The summed E-state index contributed by atoms with van der Waals surface area (Å²) in [5.41, 5.74) is 1.05. The summed E-state index contributed by atoms with van der Waals surface area (Å²) < 4.78 is 38.0. The molecule has 3 aromatic rings. The van der Waals surface area contributed by atoms with Crippen LogP contribution >= 0.6 is 0 Å². The highest BCUT2D eigenvalue weighted by Crippen LogP contribution is 2.31. The van der Waals surface area contributed by atoms with Gasteiger partial charge in [0.2, 0.25) is 0 Å². The maximum atomic E-state index is 12.6. The van der Waals surface area contributed by atoms with Crippen molar-refractivity contribution in [3.05, 3.63) is 42.6 Å². The zero-order chi connectivity index (χ0) is 16.4. The van der Waals surface area contributed by atoms with Crippen LogP contribution in [0, 0.1) is 0 Å². The third kappa shape index (κ3) is 2.80. The van der Waals surface area contributed by atoms with Gasteiger partial charge in [0.15, 0.2) is 11.5 Å². The molecule has 0 aliphatic carbocycles. The Labute approximate surface area is 133 Å². The fourth-order valence-electron chi connectivity index (χ4n) is 2.24. The van der Waals surface area contributed by atoms with Crippen LogP contribution < -0.4 is 14.2 Å². The minimum absolute atomic E-state index is 0.0756. The lowest BCUT2D eigenvalue weighted by Gasteiger charge is -2.12. The van der Waals surface area contributed by atoms with Crippen LogP contribution in [0.1, 0.15) is 0 Å². The lowest BCUT2D eigenvalue weighted by molar-refractivity contribution is 0.354. The smallest absolute Gasteiger partial charge is 0.262 e. The molecule has 0 radical (unpaired) electrons. The highest BCUT2D eigenvalue weighted by Gasteiger charge is 2.18. The predicted octanol–water partition coefficient (Wildman–Crippen LogP) is 2.38. The van der Waals surface area contributed by atoms with Gasteiger partial charge in [-0.1, -0.05) is 12.1 Å². The molecule has 2 aromatic carbocycles. The summed E-state index contributed by atoms with van der Waals surface area (Å²) in [4.78, 5) is 0.0756. The third-order valence-corrected chi connectivity index (χ3v) is 4.75. The first-order chi connectivity index (χ1) is 11.0. The van der Waals surface area contributed by atoms with Crippen molar-refractivity contribution < 1.29 is 17.9 Å². The number of nitrogens with zero attached hydrogens (tertiary/aromatic N) is 1. The van der Waals surface area contributed by atoms with Crippen molar-refractivity contribution in [2.45, 2.75) is 4.90 Å². The molecule has 0 aliphatic heterocycles. The third-order valence-electron chi connectivity index (χ3n) is 3.39. The Kier molecular flexibility index (Phi) is 3.83. The van der Waals surface area contributed by atoms with Crippen molar-refractivity contribution in [1.29, 1.82) is 0 Å². The Morgan fingerprint density at radius 2 is 1.87 bits per heavy atom. The molecule has 0 fully saturated rings. The monoisotopic (exact) mass is 333 g/mol. The van der Waals surface area contributed by atoms with Crippen LogP contribution in [0.3, 0.4) is 0 Å². The number of rotatable bonds is 5. The molecule has 0 saturated carbocycles. The SMILES string of the molecule is COc1ccc(S(=O)(=O)Nc2cccc3cn[nH]c23)cc1OC. The standard InChI is InChI=1S/C15H15N3O4S/c1-21-13-7-6-11(8-14(13)22-2)23(19,20)18-12-5-3-4-10-9-16-17-15(10)12/h3-9,18H,1-2H3,(H,16,17). The van der Waals surface area contributed by atoms with Crippen molar-refractivity contribution in [1.82, 2.24) is 10.2 Å². The molecule has 2 N–H and O–H groups in total. The lowest BCUT2D eigenvalue weighted by atomic mass is 10.2. The minimum Gasteiger partial charge on any atom is -0.493 e. The van der Waals surface area contributed by atoms with Crippen LogP contribution in [0.2, 0.25) is 0 Å². The van der Waals surface area contributed by atoms with Gasteiger partial charge in [-0.05, 0) is 18.2 Å². The average Bonchev–Trinajstić information content (AvgIpc) is 3.03. The van der Waals surface area contributed by atoms with E-state index in [9.17, 15) is 8.42 Å². The van der Waals surface area contributed by atoms with Crippen molar-refractivity contribution in [2.24, 2.45) is 0 Å². The Morgan fingerprint density at radius 1 is 1.09 bits per heavy atom. The van der Waals surface area contributed by atoms with E-state index in [0.29, 0.717) is 22.7 Å². The Hall–Kier alpha value is -2.74. The number of aromatic amines is 1. The number of hydrogen-bond donors (Lipinski definition) is 2. The number of aromatic nitrogens is 2. The molecule has 0 saturated heterocycles. The van der Waals surface area contributed by atoms with E-state index >= 15 is 0 Å². The number of sulfonamides is 1. The highest BCUT2D eigenvalue weighted by atomic mass is 32.2. The van der Waals surface area contributed by atoms with Gasteiger partial charge < -0.3 is 9.47 Å². The second-order valence-electron chi connectivity index (χ2n) is 4.76. The van der Waals surface area contributed by atoms with Crippen LogP contribution in [-0.2, 0) is 10.0 Å². The van der Waals surface area contributed by atoms with E-state index in [1.807, 2.05) is 6.07 Å². The number of ether oxygens (including phenoxy) is 2. The summed E-state index contributed by atoms with van der Waals surface area (Å²) in [6.07, 6.45) is 1.63. The molecule has 23 heavy (non-hydrogen) atoms. The van der Waals surface area contributed by atoms with Gasteiger partial charge >= 0.3 is 0 Å². The molecule has 0 amide bonds. The number of H-pyrrole nitrogens is 1. The van der Waals surface area contributed by atoms with Gasteiger partial charge in [-0.15, -0.1) is 0 Å². The van der Waals surface area contributed by atoms with Gasteiger partial charge in [-0.3, -0.25) is 9.82 Å². The van der Waals surface area contributed by atoms with Gasteiger partial charge in [-0.2, -0.15) is 5.10 Å². The summed E-state index contributed by atoms with van der Waals surface area (Å²) in [5.74, 6) is 0.803. The first kappa shape index (κ1) is 15.2. The van der Waals surface area contributed by atoms with Crippen LogP contribution in [0.15, 0.2) is 47.5 Å². The Bertz CT molecular complexity index is 950. The van der Waals surface area contributed by atoms with Crippen molar-refractivity contribution in [3.8, 4) is 11.5 Å². The Balaban J connectivity index is 2.00. The Morgan fingerprint density at radius 3 is 2.61 bits per heavy atom. The quantitative estimate of drug-likeness (QED) is 0.748. The fraction of sp³-hybridized carbons (Fsp3) is 0.133. The summed E-state index contributed by atoms with van der Waals surface area (Å²) in [7, 11) is -0.833. The molecule has 8 heteroatoms. The van der Waals surface area contributed by atoms with E-state index in [1.165, 1.54) is 26.4 Å². The maximum Gasteiger partial charge on any atom is 0.262 e. The molecule has 0 unspecified atom stereocenters. The number of nitrogens with one attached hydrogen (secondary N) is 2. The average molecular weight is 333 g/mol. The number of para-hydroxylation sites is 1. The normalized spacial score (nSPS) is 11.4. The van der Waals surface area contributed by atoms with Crippen LogP contribution in [0.25, 0.3) is 10.9 Å². The number of fused-ring (bicyclic) bond motifs is 1. The van der Waals surface area contributed by atoms with E-state index in [2.05, 4.69) is 14.9 Å². The van der Waals surface area contributed by atoms with E-state index in [-0.39, 0.29) is 4.90 Å². The molecule has 3 rings (SSSR count). The number of anilines is 1. The predicted molar refractivity (Wildman–Crippen MR) is 86.4 cm³/mol. The topological polar surface area (TPSA) is 93.3 Å². The first-order valence-corrected chi connectivity index (χ1v) is 8.20. The van der Waals surface area contributed by atoms with E-state index < -0.39 is 10.0 Å². The molecule has 0 bridgehead atoms. The fourth-order valence-corrected chi connectivity index (χ4v) is 3.33. The van der Waals surface area contributed by atoms with E-state index in [1.54, 1.807) is 24.4 Å². The second kappa shape index (κ2) is 5.81. The van der Waals surface area contributed by atoms with Gasteiger partial charge in [0.25, 0.3) is 10.0 Å². The minimum atomic E-state index is -3.77. The zero-order valence-electron chi connectivity index (χ0n) is 12.5. The van der Waals surface area contributed by atoms with Crippen LogP contribution in [0.5, 0.6) is 11.5 Å². The number of benzene rings is 2. The molecule has 120 valence electrons.